The van der Waals surface area contributed by atoms with Crippen molar-refractivity contribution in [1.82, 2.24) is 5.32 Å². The van der Waals surface area contributed by atoms with Crippen LogP contribution in [0.3, 0.4) is 0 Å². The van der Waals surface area contributed by atoms with Gasteiger partial charge in [0.05, 0.1) is 14.2 Å². The minimum Gasteiger partial charge on any atom is -0.493 e. The number of methoxy groups -OCH3 is 2. The molecule has 0 saturated heterocycles. The Kier molecular flexibility index (Phi) is 5.90. The molecule has 0 heterocycles. The fraction of sp³-hybridized carbons (Fsp3) is 0.588. The van der Waals surface area contributed by atoms with Crippen molar-refractivity contribution in [2.45, 2.75) is 38.5 Å². The molecule has 0 unspecified atom stereocenters. The summed E-state index contributed by atoms with van der Waals surface area (Å²) in [6.45, 7) is 0.671. The third-order valence-electron chi connectivity index (χ3n) is 4.14. The zero-order valence-corrected chi connectivity index (χ0v) is 13.0. The first-order valence-electron chi connectivity index (χ1n) is 7.73. The molecule has 1 aromatic rings. The summed E-state index contributed by atoms with van der Waals surface area (Å²) < 4.78 is 10.5. The molecular weight excluding hydrogens is 266 g/mol. The van der Waals surface area contributed by atoms with E-state index >= 15 is 0 Å². The molecular formula is C17H25NO3. The van der Waals surface area contributed by atoms with Gasteiger partial charge in [0.25, 0.3) is 0 Å². The first-order valence-corrected chi connectivity index (χ1v) is 7.73. The maximum Gasteiger partial charge on any atom is 0.223 e. The van der Waals surface area contributed by atoms with Crippen LogP contribution in [-0.2, 0) is 11.2 Å². The average molecular weight is 291 g/mol. The molecule has 0 spiro atoms. The van der Waals surface area contributed by atoms with Gasteiger partial charge in [-0.25, -0.2) is 0 Å². The molecule has 21 heavy (non-hydrogen) atoms. The second-order valence-corrected chi connectivity index (χ2v) is 5.57. The van der Waals surface area contributed by atoms with Gasteiger partial charge in [-0.3, -0.25) is 4.79 Å². The molecule has 1 aliphatic carbocycles. The summed E-state index contributed by atoms with van der Waals surface area (Å²) in [6, 6.07) is 5.87. The van der Waals surface area contributed by atoms with Gasteiger partial charge in [-0.2, -0.15) is 0 Å². The highest BCUT2D eigenvalue weighted by Crippen LogP contribution is 2.27. The molecule has 0 aromatic heterocycles. The highest BCUT2D eigenvalue weighted by Gasteiger charge is 2.20. The molecule has 1 aromatic carbocycles. The molecule has 1 N–H and O–H groups in total. The lowest BCUT2D eigenvalue weighted by atomic mass is 9.88. The molecule has 4 nitrogen and oxygen atoms in total. The largest absolute Gasteiger partial charge is 0.493 e. The van der Waals surface area contributed by atoms with Gasteiger partial charge in [0.15, 0.2) is 11.5 Å². The van der Waals surface area contributed by atoms with Crippen LogP contribution in [-0.4, -0.2) is 26.7 Å². The van der Waals surface area contributed by atoms with Gasteiger partial charge in [0, 0.05) is 12.5 Å². The van der Waals surface area contributed by atoms with E-state index in [9.17, 15) is 4.79 Å². The molecule has 1 saturated carbocycles. The molecule has 2 rings (SSSR count). The van der Waals surface area contributed by atoms with Gasteiger partial charge in [-0.1, -0.05) is 25.3 Å². The van der Waals surface area contributed by atoms with E-state index in [2.05, 4.69) is 5.32 Å². The number of hydrogen-bond donors (Lipinski definition) is 1. The molecule has 0 atom stereocenters. The number of ether oxygens (including phenoxy) is 2. The Morgan fingerprint density at radius 2 is 1.86 bits per heavy atom. The van der Waals surface area contributed by atoms with Crippen LogP contribution in [0.1, 0.15) is 37.7 Å². The fourth-order valence-electron chi connectivity index (χ4n) is 2.88. The van der Waals surface area contributed by atoms with Crippen LogP contribution in [0.2, 0.25) is 0 Å². The Morgan fingerprint density at radius 1 is 1.14 bits per heavy atom. The first kappa shape index (κ1) is 15.7. The molecule has 0 radical (unpaired) electrons. The second-order valence-electron chi connectivity index (χ2n) is 5.57. The van der Waals surface area contributed by atoms with Crippen LogP contribution in [0.25, 0.3) is 0 Å². The number of carbonyl (C=O) groups excluding carboxylic acids is 1. The molecule has 116 valence electrons. The lowest BCUT2D eigenvalue weighted by Crippen LogP contribution is -2.33. The number of carbonyl (C=O) groups is 1. The normalized spacial score (nSPS) is 15.5. The smallest absolute Gasteiger partial charge is 0.223 e. The second kappa shape index (κ2) is 7.91. The highest BCUT2D eigenvalue weighted by atomic mass is 16.5. The van der Waals surface area contributed by atoms with E-state index in [0.29, 0.717) is 6.54 Å². The predicted molar refractivity (Wildman–Crippen MR) is 82.8 cm³/mol. The Morgan fingerprint density at radius 3 is 2.52 bits per heavy atom. The van der Waals surface area contributed by atoms with E-state index in [1.165, 1.54) is 19.3 Å². The standard InChI is InChI=1S/C17H25NO3/c1-20-15-9-8-13(12-16(15)21-2)10-11-18-17(19)14-6-4-3-5-7-14/h8-9,12,14H,3-7,10-11H2,1-2H3,(H,18,19). The zero-order chi connectivity index (χ0) is 15.1. The molecule has 4 heteroatoms. The fourth-order valence-corrected chi connectivity index (χ4v) is 2.88. The van der Waals surface area contributed by atoms with Gasteiger partial charge >= 0.3 is 0 Å². The lowest BCUT2D eigenvalue weighted by Gasteiger charge is -2.20. The summed E-state index contributed by atoms with van der Waals surface area (Å²) in [4.78, 5) is 12.1. The van der Waals surface area contributed by atoms with E-state index < -0.39 is 0 Å². The van der Waals surface area contributed by atoms with Crippen molar-refractivity contribution in [1.29, 1.82) is 0 Å². The number of amides is 1. The molecule has 1 fully saturated rings. The van der Waals surface area contributed by atoms with Gasteiger partial charge in [-0.05, 0) is 37.0 Å². The third kappa shape index (κ3) is 4.38. The molecule has 1 amide bonds. The van der Waals surface area contributed by atoms with Crippen LogP contribution in [0, 0.1) is 5.92 Å². The predicted octanol–water partition coefficient (Wildman–Crippen LogP) is 2.94. The summed E-state index contributed by atoms with van der Waals surface area (Å²) in [5.74, 6) is 1.90. The number of hydrogen-bond acceptors (Lipinski definition) is 3. The highest BCUT2D eigenvalue weighted by molar-refractivity contribution is 5.78. The van der Waals surface area contributed by atoms with Crippen molar-refractivity contribution in [2.75, 3.05) is 20.8 Å². The molecule has 0 bridgehead atoms. The van der Waals surface area contributed by atoms with E-state index in [4.69, 9.17) is 9.47 Å². The third-order valence-corrected chi connectivity index (χ3v) is 4.14. The van der Waals surface area contributed by atoms with E-state index in [1.54, 1.807) is 14.2 Å². The van der Waals surface area contributed by atoms with Gasteiger partial charge in [0.1, 0.15) is 0 Å². The minimum atomic E-state index is 0.218. The van der Waals surface area contributed by atoms with Gasteiger partial charge < -0.3 is 14.8 Å². The van der Waals surface area contributed by atoms with Gasteiger partial charge in [-0.15, -0.1) is 0 Å². The topological polar surface area (TPSA) is 47.6 Å². The molecule has 0 aliphatic heterocycles. The Hall–Kier alpha value is -1.71. The number of benzene rings is 1. The monoisotopic (exact) mass is 291 g/mol. The minimum absolute atomic E-state index is 0.218. The van der Waals surface area contributed by atoms with Crippen molar-refractivity contribution < 1.29 is 14.3 Å². The Balaban J connectivity index is 1.81. The van der Waals surface area contributed by atoms with Crippen molar-refractivity contribution >= 4 is 5.91 Å². The van der Waals surface area contributed by atoms with Crippen molar-refractivity contribution in [3.8, 4) is 11.5 Å². The zero-order valence-electron chi connectivity index (χ0n) is 13.0. The van der Waals surface area contributed by atoms with Crippen LogP contribution in [0.5, 0.6) is 11.5 Å². The summed E-state index contributed by atoms with van der Waals surface area (Å²) >= 11 is 0. The molecule has 1 aliphatic rings. The van der Waals surface area contributed by atoms with Crippen LogP contribution >= 0.6 is 0 Å². The lowest BCUT2D eigenvalue weighted by molar-refractivity contribution is -0.125. The van der Waals surface area contributed by atoms with Crippen molar-refractivity contribution in [3.63, 3.8) is 0 Å². The number of rotatable bonds is 6. The number of nitrogens with one attached hydrogen (secondary N) is 1. The maximum absolute atomic E-state index is 12.1. The average Bonchev–Trinajstić information content (AvgIpc) is 2.55. The van der Waals surface area contributed by atoms with Crippen LogP contribution in [0.15, 0.2) is 18.2 Å². The summed E-state index contributed by atoms with van der Waals surface area (Å²) in [5.41, 5.74) is 1.14. The summed E-state index contributed by atoms with van der Waals surface area (Å²) in [6.07, 6.45) is 6.54. The van der Waals surface area contributed by atoms with Crippen molar-refractivity contribution in [3.05, 3.63) is 23.8 Å². The van der Waals surface area contributed by atoms with E-state index in [1.807, 2.05) is 18.2 Å². The Labute approximate surface area is 126 Å². The SMILES string of the molecule is COc1ccc(CCNC(=O)C2CCCCC2)cc1OC. The van der Waals surface area contributed by atoms with E-state index in [0.717, 1.165) is 36.3 Å². The van der Waals surface area contributed by atoms with E-state index in [-0.39, 0.29) is 11.8 Å². The summed E-state index contributed by atoms with van der Waals surface area (Å²) in [5, 5.41) is 3.06. The van der Waals surface area contributed by atoms with Crippen molar-refractivity contribution in [2.24, 2.45) is 5.92 Å². The van der Waals surface area contributed by atoms with Crippen LogP contribution in [0.4, 0.5) is 0 Å². The maximum atomic E-state index is 12.1. The van der Waals surface area contributed by atoms with Gasteiger partial charge in [0.2, 0.25) is 5.91 Å². The van der Waals surface area contributed by atoms with Crippen LogP contribution < -0.4 is 14.8 Å². The Bertz CT molecular complexity index is 467. The summed E-state index contributed by atoms with van der Waals surface area (Å²) in [7, 11) is 3.26. The quantitative estimate of drug-likeness (QED) is 0.876. The first-order chi connectivity index (χ1) is 10.2.